The molecule has 0 aliphatic heterocycles. The van der Waals surface area contributed by atoms with Crippen LogP contribution >= 0.6 is 0 Å². The van der Waals surface area contributed by atoms with Gasteiger partial charge in [-0.05, 0) is 101 Å². The van der Waals surface area contributed by atoms with Gasteiger partial charge in [0.2, 0.25) is 0 Å². The van der Waals surface area contributed by atoms with E-state index in [-0.39, 0.29) is 5.41 Å². The van der Waals surface area contributed by atoms with Gasteiger partial charge in [-0.1, -0.05) is 184 Å². The van der Waals surface area contributed by atoms with Crippen molar-refractivity contribution in [3.8, 4) is 67.3 Å². The number of aromatic nitrogens is 2. The summed E-state index contributed by atoms with van der Waals surface area (Å²) in [7, 11) is 0. The van der Waals surface area contributed by atoms with Crippen LogP contribution in [-0.2, 0) is 5.41 Å². The summed E-state index contributed by atoms with van der Waals surface area (Å²) in [6.45, 7) is 4.71. The summed E-state index contributed by atoms with van der Waals surface area (Å²) in [5.74, 6) is 0.713. The van der Waals surface area contributed by atoms with Crippen LogP contribution in [-0.4, -0.2) is 9.97 Å². The Bertz CT molecular complexity index is 3210. The van der Waals surface area contributed by atoms with E-state index in [9.17, 15) is 0 Å². The molecule has 1 aliphatic rings. The van der Waals surface area contributed by atoms with Gasteiger partial charge in [-0.15, -0.1) is 0 Å². The number of nitrogens with zero attached hydrogens (tertiary/aromatic N) is 2. The SMILES string of the molecule is CC1(C)c2ccc(-c3cccc(-c4ccc(-c5cc(-c6ccc7ccccc7c6)nc(-c6ccccc6)n5)c5ccccc45)c3)cc2-c2c1ccc1ccccc21. The van der Waals surface area contributed by atoms with Gasteiger partial charge < -0.3 is 0 Å². The normalized spacial score (nSPS) is 12.9. The lowest BCUT2D eigenvalue weighted by Crippen LogP contribution is -2.14. The zero-order valence-electron chi connectivity index (χ0n) is 31.9. The van der Waals surface area contributed by atoms with Crippen molar-refractivity contribution in [2.24, 2.45) is 0 Å². The second kappa shape index (κ2) is 13.0. The van der Waals surface area contributed by atoms with Crippen LogP contribution in [0.15, 0.2) is 194 Å². The fourth-order valence-electron chi connectivity index (χ4n) is 9.14. The summed E-state index contributed by atoms with van der Waals surface area (Å²) in [6.07, 6.45) is 0. The van der Waals surface area contributed by atoms with Gasteiger partial charge >= 0.3 is 0 Å². The minimum absolute atomic E-state index is 0.0580. The van der Waals surface area contributed by atoms with Crippen LogP contribution in [0.4, 0.5) is 0 Å². The average Bonchev–Trinajstić information content (AvgIpc) is 3.51. The van der Waals surface area contributed by atoms with Crippen molar-refractivity contribution < 1.29 is 0 Å². The Kier molecular flexibility index (Phi) is 7.55. The molecule has 0 bridgehead atoms. The van der Waals surface area contributed by atoms with E-state index in [1.807, 2.05) is 18.2 Å². The topological polar surface area (TPSA) is 25.8 Å². The van der Waals surface area contributed by atoms with Crippen molar-refractivity contribution in [2.75, 3.05) is 0 Å². The Morgan fingerprint density at radius 3 is 1.77 bits per heavy atom. The number of benzene rings is 9. The van der Waals surface area contributed by atoms with Crippen LogP contribution in [0.5, 0.6) is 0 Å². The predicted molar refractivity (Wildman–Crippen MR) is 239 cm³/mol. The Labute approximate surface area is 332 Å². The molecule has 11 rings (SSSR count). The molecule has 0 amide bonds. The molecule has 0 fully saturated rings. The van der Waals surface area contributed by atoms with E-state index in [0.29, 0.717) is 5.82 Å². The third kappa shape index (κ3) is 5.48. The fraction of sp³-hybridized carbons (Fsp3) is 0.0545. The molecule has 0 atom stereocenters. The highest BCUT2D eigenvalue weighted by atomic mass is 14.9. The van der Waals surface area contributed by atoms with Crippen LogP contribution < -0.4 is 0 Å². The highest BCUT2D eigenvalue weighted by Gasteiger charge is 2.36. The molecule has 1 aromatic heterocycles. The van der Waals surface area contributed by atoms with Crippen LogP contribution in [0, 0.1) is 0 Å². The molecule has 2 nitrogen and oxygen atoms in total. The van der Waals surface area contributed by atoms with Crippen molar-refractivity contribution in [2.45, 2.75) is 19.3 Å². The Morgan fingerprint density at radius 2 is 0.930 bits per heavy atom. The summed E-state index contributed by atoms with van der Waals surface area (Å²) in [6, 6.07) is 70.2. The highest BCUT2D eigenvalue weighted by Crippen LogP contribution is 2.52. The second-order valence-electron chi connectivity index (χ2n) is 15.8. The third-order valence-electron chi connectivity index (χ3n) is 12.1. The quantitative estimate of drug-likeness (QED) is 0.176. The molecule has 57 heavy (non-hydrogen) atoms. The molecule has 0 saturated heterocycles. The maximum atomic E-state index is 5.23. The lowest BCUT2D eigenvalue weighted by molar-refractivity contribution is 0.661. The number of fused-ring (bicyclic) bond motifs is 7. The van der Waals surface area contributed by atoms with E-state index < -0.39 is 0 Å². The number of hydrogen-bond acceptors (Lipinski definition) is 2. The van der Waals surface area contributed by atoms with E-state index >= 15 is 0 Å². The van der Waals surface area contributed by atoms with Gasteiger partial charge in [0.05, 0.1) is 11.4 Å². The smallest absolute Gasteiger partial charge is 0.160 e. The molecule has 0 spiro atoms. The fourth-order valence-corrected chi connectivity index (χ4v) is 9.14. The number of hydrogen-bond donors (Lipinski definition) is 0. The van der Waals surface area contributed by atoms with E-state index in [1.54, 1.807) is 0 Å². The minimum Gasteiger partial charge on any atom is -0.228 e. The first-order chi connectivity index (χ1) is 28.0. The van der Waals surface area contributed by atoms with Gasteiger partial charge in [-0.3, -0.25) is 0 Å². The lowest BCUT2D eigenvalue weighted by atomic mass is 9.82. The molecule has 1 heterocycles. The Hall–Kier alpha value is -7.16. The zero-order valence-corrected chi connectivity index (χ0v) is 31.9. The third-order valence-corrected chi connectivity index (χ3v) is 12.1. The van der Waals surface area contributed by atoms with Crippen molar-refractivity contribution in [3.05, 3.63) is 205 Å². The molecule has 10 aromatic rings. The lowest BCUT2D eigenvalue weighted by Gasteiger charge is -2.21. The summed E-state index contributed by atoms with van der Waals surface area (Å²) in [4.78, 5) is 10.4. The monoisotopic (exact) mass is 726 g/mol. The zero-order chi connectivity index (χ0) is 38.1. The molecule has 0 saturated carbocycles. The minimum atomic E-state index is -0.0580. The molecule has 9 aromatic carbocycles. The van der Waals surface area contributed by atoms with Crippen molar-refractivity contribution >= 4 is 32.3 Å². The Balaban J connectivity index is 1.03. The standard InChI is InChI=1S/C55H38N2/c1-55(2)49-29-26-40(33-48(49)53-44-20-9-8-14-36(44)25-30-50(53)55)39-18-12-19-41(31-39)43-27-28-47(46-22-11-10-21-45(43)46)52-34-51(56-54(57-52)37-15-4-3-5-16-37)42-24-23-35-13-6-7-17-38(35)32-42/h3-34H,1-2H3. The molecule has 0 N–H and O–H groups in total. The molecule has 2 heteroatoms. The van der Waals surface area contributed by atoms with Crippen LogP contribution in [0.1, 0.15) is 25.0 Å². The maximum absolute atomic E-state index is 5.23. The van der Waals surface area contributed by atoms with Crippen LogP contribution in [0.25, 0.3) is 99.6 Å². The summed E-state index contributed by atoms with van der Waals surface area (Å²) in [5.41, 5.74) is 15.2. The Morgan fingerprint density at radius 1 is 0.333 bits per heavy atom. The van der Waals surface area contributed by atoms with Gasteiger partial charge in [0, 0.05) is 22.1 Å². The molecular weight excluding hydrogens is 689 g/mol. The van der Waals surface area contributed by atoms with Gasteiger partial charge in [0.25, 0.3) is 0 Å². The summed E-state index contributed by atoms with van der Waals surface area (Å²) in [5, 5.41) is 7.36. The molecule has 0 unspecified atom stereocenters. The van der Waals surface area contributed by atoms with Gasteiger partial charge in [-0.25, -0.2) is 9.97 Å². The first kappa shape index (κ1) is 33.2. The first-order valence-corrected chi connectivity index (χ1v) is 19.7. The van der Waals surface area contributed by atoms with E-state index in [4.69, 9.17) is 9.97 Å². The largest absolute Gasteiger partial charge is 0.228 e. The van der Waals surface area contributed by atoms with Crippen molar-refractivity contribution in [3.63, 3.8) is 0 Å². The van der Waals surface area contributed by atoms with Gasteiger partial charge in [-0.2, -0.15) is 0 Å². The first-order valence-electron chi connectivity index (χ1n) is 19.7. The van der Waals surface area contributed by atoms with Crippen molar-refractivity contribution in [1.29, 1.82) is 0 Å². The van der Waals surface area contributed by atoms with Crippen LogP contribution in [0.3, 0.4) is 0 Å². The van der Waals surface area contributed by atoms with E-state index in [1.165, 1.54) is 71.4 Å². The second-order valence-corrected chi connectivity index (χ2v) is 15.8. The summed E-state index contributed by atoms with van der Waals surface area (Å²) < 4.78 is 0. The highest BCUT2D eigenvalue weighted by molar-refractivity contribution is 6.06. The molecule has 0 radical (unpaired) electrons. The maximum Gasteiger partial charge on any atom is 0.160 e. The van der Waals surface area contributed by atoms with Crippen molar-refractivity contribution in [1.82, 2.24) is 9.97 Å². The molecule has 1 aliphatic carbocycles. The van der Waals surface area contributed by atoms with Gasteiger partial charge in [0.15, 0.2) is 5.82 Å². The summed E-state index contributed by atoms with van der Waals surface area (Å²) >= 11 is 0. The molecule has 268 valence electrons. The van der Waals surface area contributed by atoms with E-state index in [2.05, 4.69) is 190 Å². The number of rotatable bonds is 5. The van der Waals surface area contributed by atoms with E-state index in [0.717, 1.165) is 33.5 Å². The van der Waals surface area contributed by atoms with Gasteiger partial charge in [0.1, 0.15) is 0 Å². The predicted octanol–water partition coefficient (Wildman–Crippen LogP) is 14.6. The van der Waals surface area contributed by atoms with Crippen LogP contribution in [0.2, 0.25) is 0 Å². The molecular formula is C55H38N2. The average molecular weight is 727 g/mol.